The van der Waals surface area contributed by atoms with E-state index in [0.29, 0.717) is 19.5 Å². The van der Waals surface area contributed by atoms with Gasteiger partial charge in [0.2, 0.25) is 11.8 Å². The molecule has 2 heterocycles. The summed E-state index contributed by atoms with van der Waals surface area (Å²) in [5.41, 5.74) is 2.92. The SMILES string of the molecule is O=C(Nc1ccc(N2CCCC2)cc1)C1CC(=O)N(CCc2ccc(F)cc2)C1. The summed E-state index contributed by atoms with van der Waals surface area (Å²) < 4.78 is 13.0. The number of anilines is 2. The van der Waals surface area contributed by atoms with Gasteiger partial charge in [0, 0.05) is 44.0 Å². The third-order valence-electron chi connectivity index (χ3n) is 5.77. The van der Waals surface area contributed by atoms with Gasteiger partial charge in [-0.2, -0.15) is 0 Å². The molecule has 1 unspecified atom stereocenters. The van der Waals surface area contributed by atoms with E-state index in [0.717, 1.165) is 24.3 Å². The smallest absolute Gasteiger partial charge is 0.229 e. The Hall–Kier alpha value is -2.89. The van der Waals surface area contributed by atoms with Crippen LogP contribution >= 0.6 is 0 Å². The molecule has 0 spiro atoms. The van der Waals surface area contributed by atoms with Crippen molar-refractivity contribution in [1.82, 2.24) is 4.90 Å². The molecule has 6 heteroatoms. The minimum absolute atomic E-state index is 0.00311. The number of amides is 2. The summed E-state index contributed by atoms with van der Waals surface area (Å²) in [5.74, 6) is -0.724. The maximum absolute atomic E-state index is 13.0. The van der Waals surface area contributed by atoms with Crippen molar-refractivity contribution in [2.45, 2.75) is 25.7 Å². The minimum Gasteiger partial charge on any atom is -0.372 e. The monoisotopic (exact) mass is 395 g/mol. The van der Waals surface area contributed by atoms with Crippen molar-refractivity contribution in [3.05, 3.63) is 59.9 Å². The van der Waals surface area contributed by atoms with Crippen molar-refractivity contribution in [3.63, 3.8) is 0 Å². The average Bonchev–Trinajstić information content (AvgIpc) is 3.38. The second-order valence-corrected chi connectivity index (χ2v) is 7.85. The third-order valence-corrected chi connectivity index (χ3v) is 5.77. The van der Waals surface area contributed by atoms with Crippen LogP contribution in [0.4, 0.5) is 15.8 Å². The van der Waals surface area contributed by atoms with E-state index in [1.54, 1.807) is 17.0 Å². The number of nitrogens with zero attached hydrogens (tertiary/aromatic N) is 2. The predicted octanol–water partition coefficient (Wildman–Crippen LogP) is 3.46. The number of rotatable bonds is 6. The van der Waals surface area contributed by atoms with Gasteiger partial charge >= 0.3 is 0 Å². The normalized spacial score (nSPS) is 19.1. The van der Waals surface area contributed by atoms with Gasteiger partial charge < -0.3 is 15.1 Å². The second kappa shape index (κ2) is 8.64. The Kier molecular flexibility index (Phi) is 5.79. The molecule has 2 fully saturated rings. The van der Waals surface area contributed by atoms with Crippen LogP contribution in [-0.4, -0.2) is 42.9 Å². The first-order valence-corrected chi connectivity index (χ1v) is 10.3. The number of halogens is 1. The Morgan fingerprint density at radius 1 is 1.03 bits per heavy atom. The Labute approximate surface area is 170 Å². The lowest BCUT2D eigenvalue weighted by atomic mass is 10.1. The van der Waals surface area contributed by atoms with Crippen LogP contribution in [0.2, 0.25) is 0 Å². The molecule has 2 amide bonds. The first kappa shape index (κ1) is 19.4. The molecule has 0 aromatic heterocycles. The second-order valence-electron chi connectivity index (χ2n) is 7.85. The molecule has 0 bridgehead atoms. The molecule has 2 saturated heterocycles. The summed E-state index contributed by atoms with van der Waals surface area (Å²) >= 11 is 0. The molecule has 1 N–H and O–H groups in total. The van der Waals surface area contributed by atoms with Gasteiger partial charge in [-0.15, -0.1) is 0 Å². The summed E-state index contributed by atoms with van der Waals surface area (Å²) in [5, 5.41) is 2.94. The first-order valence-electron chi connectivity index (χ1n) is 10.3. The number of benzene rings is 2. The number of nitrogens with one attached hydrogen (secondary N) is 1. The molecule has 1 atom stereocenters. The Balaban J connectivity index is 1.29. The van der Waals surface area contributed by atoms with Gasteiger partial charge in [-0.05, 0) is 61.2 Å². The molecule has 5 nitrogen and oxygen atoms in total. The highest BCUT2D eigenvalue weighted by Crippen LogP contribution is 2.24. The summed E-state index contributed by atoms with van der Waals surface area (Å²) in [6.45, 7) is 3.14. The fourth-order valence-corrected chi connectivity index (χ4v) is 4.05. The van der Waals surface area contributed by atoms with E-state index in [9.17, 15) is 14.0 Å². The zero-order valence-corrected chi connectivity index (χ0v) is 16.4. The first-order chi connectivity index (χ1) is 14.1. The van der Waals surface area contributed by atoms with Crippen LogP contribution in [0.15, 0.2) is 48.5 Å². The molecule has 152 valence electrons. The minimum atomic E-state index is -0.339. The van der Waals surface area contributed by atoms with E-state index >= 15 is 0 Å². The van der Waals surface area contributed by atoms with E-state index < -0.39 is 0 Å². The summed E-state index contributed by atoms with van der Waals surface area (Å²) in [6.07, 6.45) is 3.34. The average molecular weight is 395 g/mol. The van der Waals surface area contributed by atoms with Gasteiger partial charge in [0.25, 0.3) is 0 Å². The lowest BCUT2D eigenvalue weighted by molar-refractivity contribution is -0.128. The Morgan fingerprint density at radius 2 is 1.72 bits per heavy atom. The molecule has 2 aromatic rings. The van der Waals surface area contributed by atoms with Crippen molar-refractivity contribution in [1.29, 1.82) is 0 Å². The molecule has 0 saturated carbocycles. The van der Waals surface area contributed by atoms with Gasteiger partial charge in [0.15, 0.2) is 0 Å². The molecule has 4 rings (SSSR count). The molecule has 0 aliphatic carbocycles. The van der Waals surface area contributed by atoms with Gasteiger partial charge in [-0.25, -0.2) is 4.39 Å². The van der Waals surface area contributed by atoms with Crippen LogP contribution in [0.3, 0.4) is 0 Å². The van der Waals surface area contributed by atoms with Crippen molar-refractivity contribution in [2.75, 3.05) is 36.4 Å². The highest BCUT2D eigenvalue weighted by atomic mass is 19.1. The van der Waals surface area contributed by atoms with E-state index in [-0.39, 0.29) is 30.0 Å². The van der Waals surface area contributed by atoms with Crippen molar-refractivity contribution in [3.8, 4) is 0 Å². The number of likely N-dealkylation sites (tertiary alicyclic amines) is 1. The van der Waals surface area contributed by atoms with Gasteiger partial charge in [-0.3, -0.25) is 9.59 Å². The Bertz CT molecular complexity index is 861. The maximum Gasteiger partial charge on any atom is 0.229 e. The molecular weight excluding hydrogens is 369 g/mol. The van der Waals surface area contributed by atoms with Gasteiger partial charge in [0.05, 0.1) is 5.92 Å². The lowest BCUT2D eigenvalue weighted by Gasteiger charge is -2.18. The predicted molar refractivity (Wildman–Crippen MR) is 111 cm³/mol. The number of hydrogen-bond acceptors (Lipinski definition) is 3. The topological polar surface area (TPSA) is 52.7 Å². The van der Waals surface area contributed by atoms with Crippen molar-refractivity contribution < 1.29 is 14.0 Å². The van der Waals surface area contributed by atoms with Crippen LogP contribution in [0.25, 0.3) is 0 Å². The van der Waals surface area contributed by atoms with Crippen LogP contribution in [-0.2, 0) is 16.0 Å². The summed E-state index contributed by atoms with van der Waals surface area (Å²) in [6, 6.07) is 14.2. The zero-order valence-electron chi connectivity index (χ0n) is 16.4. The van der Waals surface area contributed by atoms with Crippen LogP contribution in [0.1, 0.15) is 24.8 Å². The highest BCUT2D eigenvalue weighted by Gasteiger charge is 2.34. The molecule has 2 aliphatic heterocycles. The summed E-state index contributed by atoms with van der Waals surface area (Å²) in [7, 11) is 0. The van der Waals surface area contributed by atoms with E-state index in [4.69, 9.17) is 0 Å². The van der Waals surface area contributed by atoms with E-state index in [2.05, 4.69) is 10.2 Å². The number of carbonyl (C=O) groups is 2. The standard InChI is InChI=1S/C23H26FN3O2/c24-19-5-3-17(4-6-19)11-14-27-16-18(15-22(27)28)23(29)25-20-7-9-21(10-8-20)26-12-1-2-13-26/h3-10,18H,1-2,11-16H2,(H,25,29). The van der Waals surface area contributed by atoms with E-state index in [1.165, 1.54) is 30.7 Å². The molecular formula is C23H26FN3O2. The van der Waals surface area contributed by atoms with E-state index in [1.807, 2.05) is 24.3 Å². The molecule has 29 heavy (non-hydrogen) atoms. The van der Waals surface area contributed by atoms with Crippen LogP contribution in [0, 0.1) is 11.7 Å². The number of hydrogen-bond donors (Lipinski definition) is 1. The zero-order chi connectivity index (χ0) is 20.2. The maximum atomic E-state index is 13.0. The quantitative estimate of drug-likeness (QED) is 0.815. The highest BCUT2D eigenvalue weighted by molar-refractivity contribution is 5.97. The summed E-state index contributed by atoms with van der Waals surface area (Å²) in [4.78, 5) is 29.0. The Morgan fingerprint density at radius 3 is 2.41 bits per heavy atom. The fourth-order valence-electron chi connectivity index (χ4n) is 4.05. The largest absolute Gasteiger partial charge is 0.372 e. The van der Waals surface area contributed by atoms with Crippen LogP contribution < -0.4 is 10.2 Å². The van der Waals surface area contributed by atoms with Gasteiger partial charge in [0.1, 0.15) is 5.82 Å². The van der Waals surface area contributed by atoms with Crippen molar-refractivity contribution >= 4 is 23.2 Å². The van der Waals surface area contributed by atoms with Crippen LogP contribution in [0.5, 0.6) is 0 Å². The molecule has 0 radical (unpaired) electrons. The number of carbonyl (C=O) groups excluding carboxylic acids is 2. The molecule has 2 aliphatic rings. The lowest BCUT2D eigenvalue weighted by Crippen LogP contribution is -2.30. The molecule has 2 aromatic carbocycles. The third kappa shape index (κ3) is 4.75. The fraction of sp³-hybridized carbons (Fsp3) is 0.391. The van der Waals surface area contributed by atoms with Gasteiger partial charge in [-0.1, -0.05) is 12.1 Å². The van der Waals surface area contributed by atoms with Crippen molar-refractivity contribution in [2.24, 2.45) is 5.92 Å².